The van der Waals surface area contributed by atoms with Crippen LogP contribution in [0.4, 0.5) is 0 Å². The van der Waals surface area contributed by atoms with E-state index in [4.69, 9.17) is 21.1 Å². The Morgan fingerprint density at radius 2 is 1.81 bits per heavy atom. The Kier molecular flexibility index (Phi) is 7.84. The monoisotopic (exact) mass is 439 g/mol. The second kappa shape index (κ2) is 11.0. The Hall–Kier alpha value is -3.58. The van der Waals surface area contributed by atoms with Crippen molar-refractivity contribution in [2.75, 3.05) is 13.2 Å². The molecule has 31 heavy (non-hydrogen) atoms. The largest absolute Gasteiger partial charge is 0.490 e. The summed E-state index contributed by atoms with van der Waals surface area (Å²) in [5.41, 5.74) is 1.19. The predicted octanol–water partition coefficient (Wildman–Crippen LogP) is 3.97. The number of carbonyl (C=O) groups excluding carboxylic acids is 2. The molecule has 2 amide bonds. The van der Waals surface area contributed by atoms with Crippen molar-refractivity contribution in [1.82, 2.24) is 15.6 Å². The minimum Gasteiger partial charge on any atom is -0.490 e. The first-order valence-electron chi connectivity index (χ1n) is 9.70. The van der Waals surface area contributed by atoms with Gasteiger partial charge in [-0.25, -0.2) is 4.98 Å². The lowest BCUT2D eigenvalue weighted by molar-refractivity contribution is -0.120. The zero-order chi connectivity index (χ0) is 22.1. The van der Waals surface area contributed by atoms with Crippen molar-refractivity contribution >= 4 is 23.4 Å². The number of para-hydroxylation sites is 2. The van der Waals surface area contributed by atoms with Crippen LogP contribution in [0, 0.1) is 0 Å². The molecule has 160 valence electrons. The first-order valence-corrected chi connectivity index (χ1v) is 10.1. The van der Waals surface area contributed by atoms with Crippen LogP contribution >= 0.6 is 11.6 Å². The lowest BCUT2D eigenvalue weighted by Gasteiger charge is -2.11. The first-order chi connectivity index (χ1) is 15.0. The molecule has 0 aliphatic heterocycles. The van der Waals surface area contributed by atoms with Crippen LogP contribution in [-0.4, -0.2) is 29.9 Å². The Labute approximate surface area is 185 Å². The number of benzene rings is 2. The molecule has 0 aliphatic rings. The van der Waals surface area contributed by atoms with Gasteiger partial charge >= 0.3 is 0 Å². The fraction of sp³-hybridized carbons (Fsp3) is 0.174. The minimum atomic E-state index is -0.367. The third kappa shape index (κ3) is 6.72. The summed E-state index contributed by atoms with van der Waals surface area (Å²) in [6.07, 6.45) is 1.61. The highest BCUT2D eigenvalue weighted by atomic mass is 35.5. The molecular weight excluding hydrogens is 418 g/mol. The average Bonchev–Trinajstić information content (AvgIpc) is 2.78. The molecule has 0 unspecified atom stereocenters. The van der Waals surface area contributed by atoms with Gasteiger partial charge in [0.05, 0.1) is 13.2 Å². The highest BCUT2D eigenvalue weighted by Gasteiger charge is 2.09. The molecular formula is C23H22ClN3O4. The molecule has 7 nitrogen and oxygen atoms in total. The van der Waals surface area contributed by atoms with E-state index < -0.39 is 0 Å². The Bertz CT molecular complexity index is 1040. The van der Waals surface area contributed by atoms with Gasteiger partial charge in [-0.15, -0.1) is 0 Å². The molecule has 0 spiro atoms. The number of ether oxygens (including phenoxy) is 2. The normalized spacial score (nSPS) is 10.3. The standard InChI is InChI=1S/C23H22ClN3O4/c1-2-30-19-8-3-4-9-20(19)31-22-11-10-16(14-26-22)13-25-21(28)15-27-23(29)17-6-5-7-18(24)12-17/h3-12,14H,2,13,15H2,1H3,(H,25,28)(H,27,29). The summed E-state index contributed by atoms with van der Waals surface area (Å²) in [6.45, 7) is 2.57. The maximum Gasteiger partial charge on any atom is 0.251 e. The first kappa shape index (κ1) is 22.1. The SMILES string of the molecule is CCOc1ccccc1Oc1ccc(CNC(=O)CNC(=O)c2cccc(Cl)c2)cn1. The fourth-order valence-corrected chi connectivity index (χ4v) is 2.84. The number of nitrogens with one attached hydrogen (secondary N) is 2. The molecule has 3 rings (SSSR count). The molecule has 0 saturated carbocycles. The number of amides is 2. The van der Waals surface area contributed by atoms with Gasteiger partial charge in [0, 0.05) is 29.4 Å². The van der Waals surface area contributed by atoms with Gasteiger partial charge < -0.3 is 20.1 Å². The van der Waals surface area contributed by atoms with E-state index in [1.165, 1.54) is 6.07 Å². The van der Waals surface area contributed by atoms with Crippen LogP contribution in [0.1, 0.15) is 22.8 Å². The molecule has 1 heterocycles. The average molecular weight is 440 g/mol. The minimum absolute atomic E-state index is 0.145. The molecule has 0 fully saturated rings. The molecule has 8 heteroatoms. The van der Waals surface area contributed by atoms with Crippen LogP contribution < -0.4 is 20.1 Å². The Morgan fingerprint density at radius 1 is 1.00 bits per heavy atom. The second-order valence-electron chi connectivity index (χ2n) is 6.46. The second-order valence-corrected chi connectivity index (χ2v) is 6.89. The van der Waals surface area contributed by atoms with Gasteiger partial charge in [0.2, 0.25) is 11.8 Å². The van der Waals surface area contributed by atoms with Crippen molar-refractivity contribution in [1.29, 1.82) is 0 Å². The molecule has 0 aliphatic carbocycles. The summed E-state index contributed by atoms with van der Waals surface area (Å²) in [5.74, 6) is 0.946. The van der Waals surface area contributed by atoms with Gasteiger partial charge in [0.25, 0.3) is 5.91 Å². The van der Waals surface area contributed by atoms with Gasteiger partial charge in [-0.2, -0.15) is 0 Å². The van der Waals surface area contributed by atoms with E-state index in [1.807, 2.05) is 25.1 Å². The number of aromatic nitrogens is 1. The number of hydrogen-bond acceptors (Lipinski definition) is 5. The zero-order valence-corrected chi connectivity index (χ0v) is 17.7. The smallest absolute Gasteiger partial charge is 0.251 e. The topological polar surface area (TPSA) is 89.5 Å². The van der Waals surface area contributed by atoms with E-state index in [2.05, 4.69) is 15.6 Å². The third-order valence-electron chi connectivity index (χ3n) is 4.15. The Balaban J connectivity index is 1.47. The van der Waals surface area contributed by atoms with Crippen molar-refractivity contribution in [2.45, 2.75) is 13.5 Å². The molecule has 2 N–H and O–H groups in total. The van der Waals surface area contributed by atoms with Crippen LogP contribution in [0.15, 0.2) is 66.9 Å². The van der Waals surface area contributed by atoms with Crippen LogP contribution in [0.3, 0.4) is 0 Å². The maximum atomic E-state index is 12.0. The molecule has 1 aromatic heterocycles. The predicted molar refractivity (Wildman–Crippen MR) is 118 cm³/mol. The van der Waals surface area contributed by atoms with Crippen LogP contribution in [0.5, 0.6) is 17.4 Å². The molecule has 2 aromatic carbocycles. The lowest BCUT2D eigenvalue weighted by atomic mass is 10.2. The van der Waals surface area contributed by atoms with Crippen LogP contribution in [0.2, 0.25) is 5.02 Å². The number of halogens is 1. The number of carbonyl (C=O) groups is 2. The van der Waals surface area contributed by atoms with E-state index in [0.717, 1.165) is 5.56 Å². The van der Waals surface area contributed by atoms with Crippen molar-refractivity contribution < 1.29 is 19.1 Å². The highest BCUT2D eigenvalue weighted by Crippen LogP contribution is 2.30. The van der Waals surface area contributed by atoms with Crippen molar-refractivity contribution in [2.24, 2.45) is 0 Å². The quantitative estimate of drug-likeness (QED) is 0.526. The van der Waals surface area contributed by atoms with Crippen molar-refractivity contribution in [3.63, 3.8) is 0 Å². The van der Waals surface area contributed by atoms with E-state index in [9.17, 15) is 9.59 Å². The Morgan fingerprint density at radius 3 is 2.52 bits per heavy atom. The molecule has 0 radical (unpaired) electrons. The van der Waals surface area contributed by atoms with Gasteiger partial charge in [0.15, 0.2) is 11.5 Å². The molecule has 0 saturated heterocycles. The number of hydrogen-bond donors (Lipinski definition) is 2. The van der Waals surface area contributed by atoms with Crippen LogP contribution in [-0.2, 0) is 11.3 Å². The summed E-state index contributed by atoms with van der Waals surface area (Å²) >= 11 is 5.87. The molecule has 3 aromatic rings. The van der Waals surface area contributed by atoms with Gasteiger partial charge in [-0.3, -0.25) is 9.59 Å². The van der Waals surface area contributed by atoms with Gasteiger partial charge in [0.1, 0.15) is 0 Å². The summed E-state index contributed by atoms with van der Waals surface area (Å²) in [6, 6.07) is 17.4. The summed E-state index contributed by atoms with van der Waals surface area (Å²) < 4.78 is 11.3. The summed E-state index contributed by atoms with van der Waals surface area (Å²) in [5, 5.41) is 5.75. The number of pyridine rings is 1. The van der Waals surface area contributed by atoms with Crippen LogP contribution in [0.25, 0.3) is 0 Å². The van der Waals surface area contributed by atoms with Crippen molar-refractivity contribution in [3.05, 3.63) is 83.0 Å². The zero-order valence-electron chi connectivity index (χ0n) is 16.9. The summed E-state index contributed by atoms with van der Waals surface area (Å²) in [7, 11) is 0. The van der Waals surface area contributed by atoms with Crippen molar-refractivity contribution in [3.8, 4) is 17.4 Å². The molecule has 0 atom stereocenters. The summed E-state index contributed by atoms with van der Waals surface area (Å²) in [4.78, 5) is 28.3. The number of rotatable bonds is 9. The van der Waals surface area contributed by atoms with E-state index in [0.29, 0.717) is 34.6 Å². The van der Waals surface area contributed by atoms with E-state index >= 15 is 0 Å². The molecule has 0 bridgehead atoms. The fourth-order valence-electron chi connectivity index (χ4n) is 2.65. The highest BCUT2D eigenvalue weighted by molar-refractivity contribution is 6.30. The number of nitrogens with zero attached hydrogens (tertiary/aromatic N) is 1. The maximum absolute atomic E-state index is 12.0. The van der Waals surface area contributed by atoms with Gasteiger partial charge in [-0.05, 0) is 42.8 Å². The van der Waals surface area contributed by atoms with E-state index in [1.54, 1.807) is 42.6 Å². The third-order valence-corrected chi connectivity index (χ3v) is 4.38. The lowest BCUT2D eigenvalue weighted by Crippen LogP contribution is -2.36. The van der Waals surface area contributed by atoms with Gasteiger partial charge in [-0.1, -0.05) is 35.9 Å². The van der Waals surface area contributed by atoms with E-state index in [-0.39, 0.29) is 24.9 Å².